The number of rotatable bonds is 1. The summed E-state index contributed by atoms with van der Waals surface area (Å²) in [6, 6.07) is 5.22. The minimum absolute atomic E-state index is 0.498. The molecular weight excluding hydrogens is 117 g/mol. The second-order valence-electron chi connectivity index (χ2n) is 1.87. The van der Waals surface area contributed by atoms with Crippen LogP contribution in [0, 0.1) is 0 Å². The Bertz CT molecular complexity index is 172. The van der Waals surface area contributed by atoms with Crippen LogP contribution in [-0.4, -0.2) is 4.98 Å². The highest BCUT2D eigenvalue weighted by Crippen LogP contribution is 2.10. The third kappa shape index (κ3) is 1.49. The Kier molecular flexibility index (Phi) is 1.78. The Balaban J connectivity index is 2.85. The van der Waals surface area contributed by atoms with Crippen molar-refractivity contribution in [1.29, 1.82) is 0 Å². The summed E-state index contributed by atoms with van der Waals surface area (Å²) in [6.45, 7) is 1.47. The first-order valence-corrected chi connectivity index (χ1v) is 2.85. The molecule has 2 heteroatoms. The van der Waals surface area contributed by atoms with Crippen LogP contribution < -0.4 is 0 Å². The fraction of sp³-hybridized carbons (Fsp3) is 0.286. The van der Waals surface area contributed by atoms with Gasteiger partial charge in [-0.25, -0.2) is 4.39 Å². The zero-order chi connectivity index (χ0) is 6.69. The molecule has 0 fully saturated rings. The summed E-state index contributed by atoms with van der Waals surface area (Å²) in [7, 11) is 0. The van der Waals surface area contributed by atoms with Crippen molar-refractivity contribution in [2.45, 2.75) is 13.1 Å². The maximum Gasteiger partial charge on any atom is 0.139 e. The van der Waals surface area contributed by atoms with Crippen molar-refractivity contribution >= 4 is 0 Å². The van der Waals surface area contributed by atoms with E-state index >= 15 is 0 Å². The molecule has 0 saturated carbocycles. The molecular formula is C7H8FN. The summed E-state index contributed by atoms with van der Waals surface area (Å²) in [4.78, 5) is 3.80. The molecule has 48 valence electrons. The van der Waals surface area contributed by atoms with E-state index in [2.05, 4.69) is 4.98 Å². The Morgan fingerprint density at radius 1 is 1.56 bits per heavy atom. The lowest BCUT2D eigenvalue weighted by atomic mass is 10.3. The smallest absolute Gasteiger partial charge is 0.139 e. The van der Waals surface area contributed by atoms with Crippen molar-refractivity contribution < 1.29 is 4.39 Å². The summed E-state index contributed by atoms with van der Waals surface area (Å²) in [5.41, 5.74) is 0.498. The van der Waals surface area contributed by atoms with E-state index in [1.807, 2.05) is 0 Å². The van der Waals surface area contributed by atoms with Gasteiger partial charge >= 0.3 is 0 Å². The van der Waals surface area contributed by atoms with Gasteiger partial charge in [0.05, 0.1) is 5.69 Å². The van der Waals surface area contributed by atoms with Crippen molar-refractivity contribution in [2.75, 3.05) is 0 Å². The summed E-state index contributed by atoms with van der Waals surface area (Å²) in [5.74, 6) is 0. The molecule has 1 aromatic heterocycles. The third-order valence-electron chi connectivity index (χ3n) is 1.10. The number of aromatic nitrogens is 1. The van der Waals surface area contributed by atoms with Gasteiger partial charge in [-0.2, -0.15) is 0 Å². The fourth-order valence-electron chi connectivity index (χ4n) is 0.611. The van der Waals surface area contributed by atoms with Crippen LogP contribution in [0.4, 0.5) is 4.39 Å². The van der Waals surface area contributed by atoms with E-state index in [-0.39, 0.29) is 0 Å². The first-order valence-electron chi connectivity index (χ1n) is 2.85. The van der Waals surface area contributed by atoms with Gasteiger partial charge in [0.1, 0.15) is 6.17 Å². The Hall–Kier alpha value is -0.920. The average molecular weight is 125 g/mol. The molecule has 1 rings (SSSR count). The molecule has 0 N–H and O–H groups in total. The molecule has 0 aromatic carbocycles. The van der Waals surface area contributed by atoms with E-state index in [0.29, 0.717) is 5.69 Å². The second kappa shape index (κ2) is 2.58. The Labute approximate surface area is 53.5 Å². The standard InChI is InChI=1S/C7H8FN/c1-6(8)7-4-2-3-5-9-7/h2-6H,1H3. The zero-order valence-corrected chi connectivity index (χ0v) is 5.21. The van der Waals surface area contributed by atoms with E-state index in [0.717, 1.165) is 0 Å². The normalized spacial score (nSPS) is 13.1. The van der Waals surface area contributed by atoms with Gasteiger partial charge in [-0.15, -0.1) is 0 Å². The van der Waals surface area contributed by atoms with Crippen molar-refractivity contribution in [3.63, 3.8) is 0 Å². The summed E-state index contributed by atoms with van der Waals surface area (Å²) in [5, 5.41) is 0. The average Bonchev–Trinajstić information content (AvgIpc) is 1.90. The summed E-state index contributed by atoms with van der Waals surface area (Å²) >= 11 is 0. The molecule has 0 spiro atoms. The van der Waals surface area contributed by atoms with Gasteiger partial charge in [0.2, 0.25) is 0 Å². The van der Waals surface area contributed by atoms with Crippen molar-refractivity contribution in [3.05, 3.63) is 30.1 Å². The fourth-order valence-corrected chi connectivity index (χ4v) is 0.611. The number of hydrogen-bond acceptors (Lipinski definition) is 1. The van der Waals surface area contributed by atoms with Gasteiger partial charge in [0, 0.05) is 6.20 Å². The van der Waals surface area contributed by atoms with Crippen LogP contribution >= 0.6 is 0 Å². The van der Waals surface area contributed by atoms with Crippen molar-refractivity contribution in [3.8, 4) is 0 Å². The lowest BCUT2D eigenvalue weighted by Crippen LogP contribution is -1.87. The molecule has 1 heterocycles. The topological polar surface area (TPSA) is 12.9 Å². The van der Waals surface area contributed by atoms with Crippen molar-refractivity contribution in [1.82, 2.24) is 4.98 Å². The Morgan fingerprint density at radius 3 is 2.67 bits per heavy atom. The molecule has 1 aromatic rings. The number of pyridine rings is 1. The maximum atomic E-state index is 12.4. The molecule has 9 heavy (non-hydrogen) atoms. The number of halogens is 1. The van der Waals surface area contributed by atoms with Crippen molar-refractivity contribution in [2.24, 2.45) is 0 Å². The van der Waals surface area contributed by atoms with Crippen LogP contribution in [0.1, 0.15) is 18.8 Å². The van der Waals surface area contributed by atoms with Crippen LogP contribution in [0.2, 0.25) is 0 Å². The second-order valence-corrected chi connectivity index (χ2v) is 1.87. The van der Waals surface area contributed by atoms with E-state index in [1.54, 1.807) is 24.4 Å². The molecule has 0 aliphatic rings. The molecule has 0 aliphatic carbocycles. The molecule has 0 saturated heterocycles. The zero-order valence-electron chi connectivity index (χ0n) is 5.21. The van der Waals surface area contributed by atoms with Crippen LogP contribution in [0.15, 0.2) is 24.4 Å². The van der Waals surface area contributed by atoms with Crippen LogP contribution in [0.5, 0.6) is 0 Å². The van der Waals surface area contributed by atoms with E-state index in [1.165, 1.54) is 6.92 Å². The summed E-state index contributed by atoms with van der Waals surface area (Å²) < 4.78 is 12.4. The first kappa shape index (κ1) is 6.20. The summed E-state index contributed by atoms with van der Waals surface area (Å²) in [6.07, 6.45) is 0.636. The van der Waals surface area contributed by atoms with Crippen LogP contribution in [0.3, 0.4) is 0 Å². The predicted octanol–water partition coefficient (Wildman–Crippen LogP) is 2.11. The first-order chi connectivity index (χ1) is 4.30. The highest BCUT2D eigenvalue weighted by Gasteiger charge is 1.99. The monoisotopic (exact) mass is 125 g/mol. The quantitative estimate of drug-likeness (QED) is 0.560. The van der Waals surface area contributed by atoms with Crippen LogP contribution in [0.25, 0.3) is 0 Å². The van der Waals surface area contributed by atoms with E-state index in [4.69, 9.17) is 0 Å². The highest BCUT2D eigenvalue weighted by atomic mass is 19.1. The molecule has 0 amide bonds. The van der Waals surface area contributed by atoms with Gasteiger partial charge in [0.25, 0.3) is 0 Å². The Morgan fingerprint density at radius 2 is 2.33 bits per heavy atom. The lowest BCUT2D eigenvalue weighted by Gasteiger charge is -1.96. The van der Waals surface area contributed by atoms with Gasteiger partial charge < -0.3 is 0 Å². The van der Waals surface area contributed by atoms with Crippen LogP contribution in [-0.2, 0) is 0 Å². The third-order valence-corrected chi connectivity index (χ3v) is 1.10. The SMILES string of the molecule is CC(F)c1ccccn1. The van der Waals surface area contributed by atoms with E-state index in [9.17, 15) is 4.39 Å². The highest BCUT2D eigenvalue weighted by molar-refractivity contribution is 5.05. The molecule has 1 unspecified atom stereocenters. The van der Waals surface area contributed by atoms with E-state index < -0.39 is 6.17 Å². The lowest BCUT2D eigenvalue weighted by molar-refractivity contribution is 0.366. The molecule has 1 nitrogen and oxygen atoms in total. The minimum Gasteiger partial charge on any atom is -0.258 e. The minimum atomic E-state index is -0.953. The van der Waals surface area contributed by atoms with Gasteiger partial charge in [-0.3, -0.25) is 4.98 Å². The predicted molar refractivity (Wildman–Crippen MR) is 33.8 cm³/mol. The van der Waals surface area contributed by atoms with Gasteiger partial charge in [-0.1, -0.05) is 6.07 Å². The molecule has 0 radical (unpaired) electrons. The number of nitrogens with zero attached hydrogens (tertiary/aromatic N) is 1. The molecule has 0 aliphatic heterocycles. The molecule has 1 atom stereocenters. The number of hydrogen-bond donors (Lipinski definition) is 0. The van der Waals surface area contributed by atoms with Gasteiger partial charge in [-0.05, 0) is 19.1 Å². The maximum absolute atomic E-state index is 12.4. The van der Waals surface area contributed by atoms with Gasteiger partial charge in [0.15, 0.2) is 0 Å². The largest absolute Gasteiger partial charge is 0.258 e. The molecule has 0 bridgehead atoms. The number of alkyl halides is 1.